The topological polar surface area (TPSA) is 35.2 Å². The molecule has 2 N–H and O–H groups in total. The summed E-state index contributed by atoms with van der Waals surface area (Å²) in [6.45, 7) is 2.55. The standard InChI is InChI=1S/C13H15NOS/c1-10-5-2-3-6-12(10)15-9-11(14)13-7-4-8-16-13/h2-8,11H,9,14H2,1H3. The highest BCUT2D eigenvalue weighted by Crippen LogP contribution is 2.20. The minimum absolute atomic E-state index is 0.0420. The fourth-order valence-electron chi connectivity index (χ4n) is 1.48. The van der Waals surface area contributed by atoms with Crippen molar-refractivity contribution in [2.75, 3.05) is 6.61 Å². The predicted molar refractivity (Wildman–Crippen MR) is 67.9 cm³/mol. The van der Waals surface area contributed by atoms with Crippen LogP contribution in [0.5, 0.6) is 5.75 Å². The molecular formula is C13H15NOS. The molecule has 0 aliphatic carbocycles. The monoisotopic (exact) mass is 233 g/mol. The number of para-hydroxylation sites is 1. The summed E-state index contributed by atoms with van der Waals surface area (Å²) in [6, 6.07) is 12.0. The molecule has 0 spiro atoms. The van der Waals surface area contributed by atoms with Crippen molar-refractivity contribution >= 4 is 11.3 Å². The van der Waals surface area contributed by atoms with Crippen LogP contribution >= 0.6 is 11.3 Å². The number of hydrogen-bond acceptors (Lipinski definition) is 3. The van der Waals surface area contributed by atoms with Gasteiger partial charge in [0.05, 0.1) is 6.04 Å². The Labute approximate surface area is 99.7 Å². The third-order valence-electron chi connectivity index (χ3n) is 2.42. The van der Waals surface area contributed by atoms with Gasteiger partial charge in [-0.2, -0.15) is 0 Å². The Kier molecular flexibility index (Phi) is 3.59. The third-order valence-corrected chi connectivity index (χ3v) is 3.42. The van der Waals surface area contributed by atoms with E-state index in [-0.39, 0.29) is 6.04 Å². The van der Waals surface area contributed by atoms with E-state index in [1.807, 2.05) is 48.7 Å². The molecule has 84 valence electrons. The smallest absolute Gasteiger partial charge is 0.122 e. The second kappa shape index (κ2) is 5.14. The Hall–Kier alpha value is -1.32. The average molecular weight is 233 g/mol. The van der Waals surface area contributed by atoms with Gasteiger partial charge in [-0.25, -0.2) is 0 Å². The number of benzene rings is 1. The van der Waals surface area contributed by atoms with Gasteiger partial charge in [-0.15, -0.1) is 11.3 Å². The molecule has 1 heterocycles. The average Bonchev–Trinajstić information content (AvgIpc) is 2.81. The number of aryl methyl sites for hydroxylation is 1. The molecule has 1 atom stereocenters. The molecule has 1 aromatic carbocycles. The Morgan fingerprint density at radius 2 is 2.06 bits per heavy atom. The fraction of sp³-hybridized carbons (Fsp3) is 0.231. The lowest BCUT2D eigenvalue weighted by Gasteiger charge is -2.13. The van der Waals surface area contributed by atoms with Crippen LogP contribution in [-0.4, -0.2) is 6.61 Å². The Bertz CT molecular complexity index is 439. The van der Waals surface area contributed by atoms with Crippen molar-refractivity contribution < 1.29 is 4.74 Å². The molecule has 2 rings (SSSR count). The van der Waals surface area contributed by atoms with Gasteiger partial charge in [-0.1, -0.05) is 24.3 Å². The number of rotatable bonds is 4. The van der Waals surface area contributed by atoms with Gasteiger partial charge in [0.15, 0.2) is 0 Å². The lowest BCUT2D eigenvalue weighted by Crippen LogP contribution is -2.18. The van der Waals surface area contributed by atoms with Gasteiger partial charge < -0.3 is 10.5 Å². The molecule has 2 nitrogen and oxygen atoms in total. The Morgan fingerprint density at radius 1 is 1.25 bits per heavy atom. The van der Waals surface area contributed by atoms with Crippen molar-refractivity contribution in [1.29, 1.82) is 0 Å². The highest BCUT2D eigenvalue weighted by molar-refractivity contribution is 7.10. The zero-order valence-corrected chi connectivity index (χ0v) is 10.0. The summed E-state index contributed by atoms with van der Waals surface area (Å²) >= 11 is 1.67. The van der Waals surface area contributed by atoms with Crippen LogP contribution in [0.4, 0.5) is 0 Å². The van der Waals surface area contributed by atoms with Crippen molar-refractivity contribution in [3.8, 4) is 5.75 Å². The number of ether oxygens (including phenoxy) is 1. The van der Waals surface area contributed by atoms with Gasteiger partial charge in [0.25, 0.3) is 0 Å². The second-order valence-corrected chi connectivity index (χ2v) is 4.68. The fourth-order valence-corrected chi connectivity index (χ4v) is 2.20. The van der Waals surface area contributed by atoms with E-state index in [2.05, 4.69) is 0 Å². The maximum absolute atomic E-state index is 6.02. The first-order chi connectivity index (χ1) is 7.77. The summed E-state index contributed by atoms with van der Waals surface area (Å²) in [7, 11) is 0. The number of thiophene rings is 1. The first-order valence-corrected chi connectivity index (χ1v) is 6.13. The van der Waals surface area contributed by atoms with Crippen molar-refractivity contribution in [3.63, 3.8) is 0 Å². The van der Waals surface area contributed by atoms with Crippen LogP contribution in [0.25, 0.3) is 0 Å². The molecule has 2 aromatic rings. The predicted octanol–water partition coefficient (Wildman–Crippen LogP) is 3.14. The highest BCUT2D eigenvalue weighted by Gasteiger charge is 2.08. The van der Waals surface area contributed by atoms with E-state index in [0.717, 1.165) is 16.2 Å². The summed E-state index contributed by atoms with van der Waals surface area (Å²) in [6.07, 6.45) is 0. The highest BCUT2D eigenvalue weighted by atomic mass is 32.1. The second-order valence-electron chi connectivity index (χ2n) is 3.70. The summed E-state index contributed by atoms with van der Waals surface area (Å²) < 4.78 is 5.70. The summed E-state index contributed by atoms with van der Waals surface area (Å²) in [4.78, 5) is 1.16. The maximum atomic E-state index is 6.02. The summed E-state index contributed by atoms with van der Waals surface area (Å²) in [5, 5.41) is 2.03. The normalized spacial score (nSPS) is 12.4. The molecule has 0 radical (unpaired) electrons. The molecule has 3 heteroatoms. The van der Waals surface area contributed by atoms with E-state index < -0.39 is 0 Å². The van der Waals surface area contributed by atoms with Crippen LogP contribution in [0.3, 0.4) is 0 Å². The van der Waals surface area contributed by atoms with Crippen LogP contribution in [0.2, 0.25) is 0 Å². The van der Waals surface area contributed by atoms with Crippen LogP contribution < -0.4 is 10.5 Å². The minimum Gasteiger partial charge on any atom is -0.491 e. The van der Waals surface area contributed by atoms with Gasteiger partial charge >= 0.3 is 0 Å². The van der Waals surface area contributed by atoms with Gasteiger partial charge in [-0.05, 0) is 30.0 Å². The number of nitrogens with two attached hydrogens (primary N) is 1. The maximum Gasteiger partial charge on any atom is 0.122 e. The van der Waals surface area contributed by atoms with Crippen molar-refractivity contribution in [1.82, 2.24) is 0 Å². The van der Waals surface area contributed by atoms with E-state index >= 15 is 0 Å². The van der Waals surface area contributed by atoms with E-state index in [1.165, 1.54) is 0 Å². The van der Waals surface area contributed by atoms with Gasteiger partial charge in [-0.3, -0.25) is 0 Å². The molecule has 16 heavy (non-hydrogen) atoms. The lowest BCUT2D eigenvalue weighted by molar-refractivity contribution is 0.290. The first-order valence-electron chi connectivity index (χ1n) is 5.25. The third kappa shape index (κ3) is 2.62. The molecular weight excluding hydrogens is 218 g/mol. The molecule has 0 bridgehead atoms. The van der Waals surface area contributed by atoms with E-state index in [1.54, 1.807) is 11.3 Å². The quantitative estimate of drug-likeness (QED) is 0.880. The molecule has 0 aliphatic rings. The lowest BCUT2D eigenvalue weighted by atomic mass is 10.2. The SMILES string of the molecule is Cc1ccccc1OCC(N)c1cccs1. The van der Waals surface area contributed by atoms with Crippen LogP contribution in [0, 0.1) is 6.92 Å². The molecule has 0 saturated carbocycles. The van der Waals surface area contributed by atoms with Crippen LogP contribution in [0.1, 0.15) is 16.5 Å². The Morgan fingerprint density at radius 3 is 2.75 bits per heavy atom. The number of hydrogen-bond donors (Lipinski definition) is 1. The zero-order valence-electron chi connectivity index (χ0n) is 9.22. The van der Waals surface area contributed by atoms with E-state index in [9.17, 15) is 0 Å². The molecule has 0 aliphatic heterocycles. The van der Waals surface area contributed by atoms with Crippen molar-refractivity contribution in [2.24, 2.45) is 5.73 Å². The zero-order chi connectivity index (χ0) is 11.4. The minimum atomic E-state index is -0.0420. The molecule has 1 aromatic heterocycles. The van der Waals surface area contributed by atoms with Crippen LogP contribution in [0.15, 0.2) is 41.8 Å². The Balaban J connectivity index is 1.95. The van der Waals surface area contributed by atoms with Crippen molar-refractivity contribution in [3.05, 3.63) is 52.2 Å². The van der Waals surface area contributed by atoms with Gasteiger partial charge in [0, 0.05) is 4.88 Å². The van der Waals surface area contributed by atoms with Crippen LogP contribution in [-0.2, 0) is 0 Å². The largest absolute Gasteiger partial charge is 0.491 e. The van der Waals surface area contributed by atoms with Crippen molar-refractivity contribution in [2.45, 2.75) is 13.0 Å². The van der Waals surface area contributed by atoms with Gasteiger partial charge in [0.2, 0.25) is 0 Å². The molecule has 0 fully saturated rings. The molecule has 0 saturated heterocycles. The van der Waals surface area contributed by atoms with Gasteiger partial charge in [0.1, 0.15) is 12.4 Å². The van der Waals surface area contributed by atoms with E-state index in [4.69, 9.17) is 10.5 Å². The summed E-state index contributed by atoms with van der Waals surface area (Å²) in [5.41, 5.74) is 7.16. The summed E-state index contributed by atoms with van der Waals surface area (Å²) in [5.74, 6) is 0.912. The molecule has 0 amide bonds. The first kappa shape index (κ1) is 11.2. The van der Waals surface area contributed by atoms with E-state index in [0.29, 0.717) is 6.61 Å². The molecule has 1 unspecified atom stereocenters.